The van der Waals surface area contributed by atoms with Crippen LogP contribution in [0.15, 0.2) is 0 Å². The summed E-state index contributed by atoms with van der Waals surface area (Å²) < 4.78 is 0. The molecule has 0 aromatic rings. The zero-order chi connectivity index (χ0) is 15.9. The molecule has 0 bridgehead atoms. The molecular weight excluding hydrogens is 268 g/mol. The fraction of sp³-hybridized carbons (Fsp3) is 0.867. The average molecular weight is 298 g/mol. The lowest BCUT2D eigenvalue weighted by molar-refractivity contribution is -0.121. The molecule has 21 heavy (non-hydrogen) atoms. The molecule has 1 unspecified atom stereocenters. The molecule has 0 aliphatic carbocycles. The van der Waals surface area contributed by atoms with Crippen molar-refractivity contribution in [3.63, 3.8) is 0 Å². The first-order valence-corrected chi connectivity index (χ1v) is 7.88. The molecule has 0 aromatic carbocycles. The number of nitrogens with one attached hydrogen (secondary N) is 3. The molecule has 1 aliphatic rings. The highest BCUT2D eigenvalue weighted by Crippen LogP contribution is 2.08. The molecule has 3 amide bonds. The van der Waals surface area contributed by atoms with Crippen LogP contribution in [0, 0.1) is 0 Å². The molecule has 6 nitrogen and oxygen atoms in total. The van der Waals surface area contributed by atoms with Crippen molar-refractivity contribution in [2.45, 2.75) is 58.5 Å². The Bertz CT molecular complexity index is 346. The smallest absolute Gasteiger partial charge is 0.321 e. The van der Waals surface area contributed by atoms with E-state index in [1.54, 1.807) is 0 Å². The number of piperidine rings is 1. The van der Waals surface area contributed by atoms with Crippen molar-refractivity contribution in [2.75, 3.05) is 26.2 Å². The van der Waals surface area contributed by atoms with E-state index in [1.807, 2.05) is 27.7 Å². The normalized spacial score (nSPS) is 19.4. The second kappa shape index (κ2) is 8.34. The highest BCUT2D eigenvalue weighted by molar-refractivity contribution is 5.95. The van der Waals surface area contributed by atoms with Gasteiger partial charge in [-0.05, 0) is 46.7 Å². The molecule has 0 spiro atoms. The second-order valence-corrected chi connectivity index (χ2v) is 6.73. The summed E-state index contributed by atoms with van der Waals surface area (Å²) in [5, 5.41) is 8.58. The zero-order valence-corrected chi connectivity index (χ0v) is 13.8. The number of carbonyl (C=O) groups is 2. The Morgan fingerprint density at radius 2 is 2.00 bits per heavy atom. The summed E-state index contributed by atoms with van der Waals surface area (Å²) in [6, 6.07) is 0.0225. The summed E-state index contributed by atoms with van der Waals surface area (Å²) >= 11 is 0. The Morgan fingerprint density at radius 1 is 1.29 bits per heavy atom. The summed E-state index contributed by atoms with van der Waals surface area (Å²) in [6.45, 7) is 10.6. The van der Waals surface area contributed by atoms with Crippen molar-refractivity contribution in [1.82, 2.24) is 20.9 Å². The molecule has 0 saturated carbocycles. The van der Waals surface area contributed by atoms with Crippen molar-refractivity contribution in [2.24, 2.45) is 0 Å². The first kappa shape index (κ1) is 17.9. The third-order valence-corrected chi connectivity index (χ3v) is 3.45. The first-order chi connectivity index (χ1) is 9.80. The van der Waals surface area contributed by atoms with Gasteiger partial charge < -0.3 is 10.6 Å². The maximum absolute atomic E-state index is 11.9. The minimum absolute atomic E-state index is 0.255. The molecular formula is C15H30N4O2. The van der Waals surface area contributed by atoms with Crippen LogP contribution < -0.4 is 16.0 Å². The van der Waals surface area contributed by atoms with E-state index in [2.05, 4.69) is 20.9 Å². The lowest BCUT2D eigenvalue weighted by atomic mass is 10.0. The molecule has 122 valence electrons. The van der Waals surface area contributed by atoms with E-state index in [9.17, 15) is 9.59 Å². The van der Waals surface area contributed by atoms with Crippen molar-refractivity contribution in [3.05, 3.63) is 0 Å². The van der Waals surface area contributed by atoms with Crippen molar-refractivity contribution in [3.8, 4) is 0 Å². The van der Waals surface area contributed by atoms with Gasteiger partial charge >= 0.3 is 6.03 Å². The number of nitrogens with zero attached hydrogens (tertiary/aromatic N) is 1. The Kier molecular flexibility index (Phi) is 7.11. The van der Waals surface area contributed by atoms with E-state index < -0.39 is 6.03 Å². The van der Waals surface area contributed by atoms with Crippen LogP contribution in [0.2, 0.25) is 0 Å². The van der Waals surface area contributed by atoms with E-state index in [0.29, 0.717) is 6.04 Å². The molecule has 1 saturated heterocycles. The number of hydrogen-bond acceptors (Lipinski definition) is 4. The van der Waals surface area contributed by atoms with E-state index in [0.717, 1.165) is 26.1 Å². The minimum Gasteiger partial charge on any atom is -0.333 e. The van der Waals surface area contributed by atoms with Gasteiger partial charge in [0.05, 0.1) is 6.54 Å². The quantitative estimate of drug-likeness (QED) is 0.710. The maximum Gasteiger partial charge on any atom is 0.321 e. The molecule has 1 aliphatic heterocycles. The monoisotopic (exact) mass is 298 g/mol. The van der Waals surface area contributed by atoms with Gasteiger partial charge in [-0.2, -0.15) is 0 Å². The van der Waals surface area contributed by atoms with Gasteiger partial charge in [0.2, 0.25) is 5.91 Å². The number of hydrogen-bond donors (Lipinski definition) is 3. The molecule has 1 atom stereocenters. The standard InChI is InChI=1S/C15H30N4O2/c1-5-19(10-12-8-6-7-9-16-12)11-13(20)17-14(21)18-15(2,3)4/h12,16H,5-11H2,1-4H3,(H2,17,18,20,21). The molecule has 1 fully saturated rings. The predicted octanol–water partition coefficient (Wildman–Crippen LogP) is 1.07. The largest absolute Gasteiger partial charge is 0.333 e. The fourth-order valence-electron chi connectivity index (χ4n) is 2.44. The van der Waals surface area contributed by atoms with E-state index in [4.69, 9.17) is 0 Å². The summed E-state index contributed by atoms with van der Waals surface area (Å²) in [5.74, 6) is -0.255. The number of imide groups is 1. The van der Waals surface area contributed by atoms with Gasteiger partial charge in [0.25, 0.3) is 0 Å². The van der Waals surface area contributed by atoms with Gasteiger partial charge in [-0.1, -0.05) is 13.3 Å². The topological polar surface area (TPSA) is 73.5 Å². The SMILES string of the molecule is CCN(CC(=O)NC(=O)NC(C)(C)C)CC1CCCCN1. The van der Waals surface area contributed by atoms with E-state index >= 15 is 0 Å². The third-order valence-electron chi connectivity index (χ3n) is 3.45. The van der Waals surface area contributed by atoms with Gasteiger partial charge in [0.1, 0.15) is 0 Å². The molecule has 6 heteroatoms. The highest BCUT2D eigenvalue weighted by Gasteiger charge is 2.19. The number of likely N-dealkylation sites (N-methyl/N-ethyl adjacent to an activating group) is 1. The molecule has 0 aromatic heterocycles. The molecule has 3 N–H and O–H groups in total. The summed E-state index contributed by atoms with van der Waals surface area (Å²) in [6.07, 6.45) is 3.63. The molecule has 1 rings (SSSR count). The average Bonchev–Trinajstić information content (AvgIpc) is 2.36. The Hall–Kier alpha value is -1.14. The van der Waals surface area contributed by atoms with Gasteiger partial charge in [0, 0.05) is 18.1 Å². The van der Waals surface area contributed by atoms with Crippen molar-refractivity contribution in [1.29, 1.82) is 0 Å². The summed E-state index contributed by atoms with van der Waals surface area (Å²) in [4.78, 5) is 25.6. The van der Waals surface area contributed by atoms with E-state index in [-0.39, 0.29) is 18.0 Å². The predicted molar refractivity (Wildman–Crippen MR) is 84.2 cm³/mol. The third kappa shape index (κ3) is 8.02. The summed E-state index contributed by atoms with van der Waals surface area (Å²) in [5.41, 5.74) is -0.346. The Morgan fingerprint density at radius 3 is 2.52 bits per heavy atom. The number of carbonyl (C=O) groups excluding carboxylic acids is 2. The lowest BCUT2D eigenvalue weighted by Crippen LogP contribution is -2.51. The lowest BCUT2D eigenvalue weighted by Gasteiger charge is -2.29. The van der Waals surface area contributed by atoms with Gasteiger partial charge in [-0.25, -0.2) is 4.79 Å². The fourth-order valence-corrected chi connectivity index (χ4v) is 2.44. The summed E-state index contributed by atoms with van der Waals surface area (Å²) in [7, 11) is 0. The van der Waals surface area contributed by atoms with Gasteiger partial charge in [0.15, 0.2) is 0 Å². The van der Waals surface area contributed by atoms with Crippen LogP contribution >= 0.6 is 0 Å². The maximum atomic E-state index is 11.9. The van der Waals surface area contributed by atoms with Gasteiger partial charge in [-0.15, -0.1) is 0 Å². The van der Waals surface area contributed by atoms with Crippen LogP contribution in [0.25, 0.3) is 0 Å². The van der Waals surface area contributed by atoms with E-state index in [1.165, 1.54) is 12.8 Å². The number of amides is 3. The van der Waals surface area contributed by atoms with Crippen molar-refractivity contribution >= 4 is 11.9 Å². The number of rotatable bonds is 5. The van der Waals surface area contributed by atoms with Crippen LogP contribution in [0.4, 0.5) is 4.79 Å². The second-order valence-electron chi connectivity index (χ2n) is 6.73. The minimum atomic E-state index is -0.431. The highest BCUT2D eigenvalue weighted by atomic mass is 16.2. The van der Waals surface area contributed by atoms with Crippen LogP contribution in [-0.2, 0) is 4.79 Å². The first-order valence-electron chi connectivity index (χ1n) is 7.88. The zero-order valence-electron chi connectivity index (χ0n) is 13.8. The van der Waals surface area contributed by atoms with Crippen molar-refractivity contribution < 1.29 is 9.59 Å². The Balaban J connectivity index is 2.34. The van der Waals surface area contributed by atoms with Crippen LogP contribution in [0.1, 0.15) is 47.0 Å². The van der Waals surface area contributed by atoms with Crippen LogP contribution in [0.3, 0.4) is 0 Å². The Labute approximate surface area is 128 Å². The number of urea groups is 1. The van der Waals surface area contributed by atoms with Gasteiger partial charge in [-0.3, -0.25) is 15.0 Å². The van der Waals surface area contributed by atoms with Crippen LogP contribution in [-0.4, -0.2) is 54.6 Å². The molecule has 0 radical (unpaired) electrons. The molecule has 1 heterocycles. The van der Waals surface area contributed by atoms with Crippen LogP contribution in [0.5, 0.6) is 0 Å².